The summed E-state index contributed by atoms with van der Waals surface area (Å²) in [4.78, 5) is 24.1. The highest BCUT2D eigenvalue weighted by molar-refractivity contribution is 6.32. The lowest BCUT2D eigenvalue weighted by Gasteiger charge is -2.16. The smallest absolute Gasteiger partial charge is 0.279 e. The van der Waals surface area contributed by atoms with Gasteiger partial charge in [0.2, 0.25) is 0 Å². The van der Waals surface area contributed by atoms with Gasteiger partial charge in [-0.25, -0.2) is 0 Å². The minimum absolute atomic E-state index is 0.242. The van der Waals surface area contributed by atoms with Crippen molar-refractivity contribution in [2.75, 3.05) is 6.61 Å². The molecule has 1 unspecified atom stereocenters. The van der Waals surface area contributed by atoms with Gasteiger partial charge in [-0.15, -0.1) is 0 Å². The Bertz CT molecular complexity index is 988. The second kappa shape index (κ2) is 9.10. The molecule has 0 aliphatic rings. The first-order chi connectivity index (χ1) is 13.5. The lowest BCUT2D eigenvalue weighted by Crippen LogP contribution is -2.48. The Morgan fingerprint density at radius 3 is 2.43 bits per heavy atom. The third-order valence-electron chi connectivity index (χ3n) is 3.94. The number of nitrogens with one attached hydrogen (secondary N) is 2. The van der Waals surface area contributed by atoms with E-state index in [0.717, 1.165) is 10.8 Å². The molecule has 0 fully saturated rings. The quantitative estimate of drug-likeness (QED) is 0.623. The molecule has 1 atom stereocenters. The highest BCUT2D eigenvalue weighted by atomic mass is 35.5. The molecular formula is C21H19ClN2O4. The second-order valence-electron chi connectivity index (χ2n) is 5.99. The Balaban J connectivity index is 1.48. The van der Waals surface area contributed by atoms with Crippen molar-refractivity contribution >= 4 is 34.2 Å². The zero-order chi connectivity index (χ0) is 19.9. The van der Waals surface area contributed by atoms with Gasteiger partial charge in [0.25, 0.3) is 11.8 Å². The van der Waals surface area contributed by atoms with E-state index in [-0.39, 0.29) is 6.61 Å². The zero-order valence-corrected chi connectivity index (χ0v) is 15.9. The van der Waals surface area contributed by atoms with E-state index in [4.69, 9.17) is 21.1 Å². The molecule has 7 heteroatoms. The van der Waals surface area contributed by atoms with Crippen LogP contribution < -0.4 is 20.3 Å². The van der Waals surface area contributed by atoms with Crippen molar-refractivity contribution in [2.45, 2.75) is 13.0 Å². The molecule has 0 radical (unpaired) electrons. The van der Waals surface area contributed by atoms with E-state index in [2.05, 4.69) is 10.9 Å². The first-order valence-electron chi connectivity index (χ1n) is 8.65. The van der Waals surface area contributed by atoms with E-state index in [1.54, 1.807) is 37.3 Å². The number of benzene rings is 3. The molecule has 144 valence electrons. The fraction of sp³-hybridized carbons (Fsp3) is 0.143. The van der Waals surface area contributed by atoms with E-state index in [0.29, 0.717) is 16.5 Å². The maximum Gasteiger partial charge on any atom is 0.279 e. The van der Waals surface area contributed by atoms with Gasteiger partial charge in [-0.05, 0) is 30.5 Å². The van der Waals surface area contributed by atoms with Crippen molar-refractivity contribution in [3.05, 3.63) is 71.8 Å². The minimum Gasteiger partial charge on any atom is -0.483 e. The van der Waals surface area contributed by atoms with Crippen LogP contribution in [0.3, 0.4) is 0 Å². The van der Waals surface area contributed by atoms with Crippen molar-refractivity contribution < 1.29 is 19.1 Å². The Morgan fingerprint density at radius 1 is 0.929 bits per heavy atom. The summed E-state index contributed by atoms with van der Waals surface area (Å²) in [5.41, 5.74) is 4.61. The molecule has 0 saturated carbocycles. The Kier molecular flexibility index (Phi) is 6.34. The van der Waals surface area contributed by atoms with E-state index in [1.807, 2.05) is 36.4 Å². The van der Waals surface area contributed by atoms with Gasteiger partial charge in [0, 0.05) is 5.39 Å². The number of amides is 2. The van der Waals surface area contributed by atoms with Crippen LogP contribution in [-0.4, -0.2) is 24.5 Å². The normalized spacial score (nSPS) is 11.5. The molecular weight excluding hydrogens is 380 g/mol. The number of ether oxygens (including phenoxy) is 2. The van der Waals surface area contributed by atoms with E-state index in [9.17, 15) is 9.59 Å². The number of hydrazine groups is 1. The maximum absolute atomic E-state index is 12.1. The summed E-state index contributed by atoms with van der Waals surface area (Å²) in [7, 11) is 0. The van der Waals surface area contributed by atoms with Crippen LogP contribution in [0.1, 0.15) is 6.92 Å². The first kappa shape index (κ1) is 19.5. The Morgan fingerprint density at radius 2 is 1.61 bits per heavy atom. The van der Waals surface area contributed by atoms with Crippen LogP contribution in [0.2, 0.25) is 5.02 Å². The Labute approximate surface area is 167 Å². The van der Waals surface area contributed by atoms with Gasteiger partial charge in [-0.2, -0.15) is 0 Å². The van der Waals surface area contributed by atoms with E-state index < -0.39 is 17.9 Å². The second-order valence-corrected chi connectivity index (χ2v) is 6.40. The molecule has 3 aromatic rings. The lowest BCUT2D eigenvalue weighted by atomic mass is 10.1. The van der Waals surface area contributed by atoms with Crippen LogP contribution in [0.15, 0.2) is 66.7 Å². The number of hydrogen-bond acceptors (Lipinski definition) is 4. The summed E-state index contributed by atoms with van der Waals surface area (Å²) in [5.74, 6) is -0.0305. The van der Waals surface area contributed by atoms with Crippen LogP contribution in [0, 0.1) is 0 Å². The molecule has 0 aromatic heterocycles. The first-order valence-corrected chi connectivity index (χ1v) is 9.03. The predicted molar refractivity (Wildman–Crippen MR) is 107 cm³/mol. The monoisotopic (exact) mass is 398 g/mol. The largest absolute Gasteiger partial charge is 0.483 e. The van der Waals surface area contributed by atoms with E-state index in [1.165, 1.54) is 0 Å². The van der Waals surface area contributed by atoms with Crippen molar-refractivity contribution in [1.29, 1.82) is 0 Å². The number of carbonyl (C=O) groups is 2. The number of halogens is 1. The van der Waals surface area contributed by atoms with Crippen LogP contribution in [0.5, 0.6) is 11.5 Å². The number of rotatable bonds is 6. The summed E-state index contributed by atoms with van der Waals surface area (Å²) in [6.07, 6.45) is -0.848. The maximum atomic E-state index is 12.1. The summed E-state index contributed by atoms with van der Waals surface area (Å²) in [6.45, 7) is 1.31. The molecule has 28 heavy (non-hydrogen) atoms. The predicted octanol–water partition coefficient (Wildman–Crippen LogP) is 3.49. The van der Waals surface area contributed by atoms with Crippen LogP contribution >= 0.6 is 11.6 Å². The topological polar surface area (TPSA) is 76.7 Å². The van der Waals surface area contributed by atoms with Crippen molar-refractivity contribution in [1.82, 2.24) is 10.9 Å². The molecule has 0 bridgehead atoms. The molecule has 2 amide bonds. The minimum atomic E-state index is -0.848. The number of fused-ring (bicyclic) bond motifs is 1. The van der Waals surface area contributed by atoms with Crippen LogP contribution in [0.25, 0.3) is 10.8 Å². The lowest BCUT2D eigenvalue weighted by molar-refractivity contribution is -0.133. The SMILES string of the molecule is CC(Oc1ccccc1Cl)C(=O)NNC(=O)COc1cccc2ccccc12. The summed E-state index contributed by atoms with van der Waals surface area (Å²) < 4.78 is 11.1. The fourth-order valence-electron chi connectivity index (χ4n) is 2.52. The van der Waals surface area contributed by atoms with Gasteiger partial charge in [0.1, 0.15) is 11.5 Å². The third kappa shape index (κ3) is 4.92. The molecule has 0 saturated heterocycles. The Hall–Kier alpha value is -3.25. The highest BCUT2D eigenvalue weighted by Crippen LogP contribution is 2.25. The summed E-state index contributed by atoms with van der Waals surface area (Å²) >= 11 is 6.00. The van der Waals surface area contributed by atoms with Gasteiger partial charge in [-0.1, -0.05) is 60.1 Å². The number of para-hydroxylation sites is 1. The molecule has 3 rings (SSSR count). The van der Waals surface area contributed by atoms with Gasteiger partial charge in [-0.3, -0.25) is 20.4 Å². The average molecular weight is 399 g/mol. The van der Waals surface area contributed by atoms with Crippen LogP contribution in [0.4, 0.5) is 0 Å². The van der Waals surface area contributed by atoms with Crippen LogP contribution in [-0.2, 0) is 9.59 Å². The number of hydrogen-bond donors (Lipinski definition) is 2. The molecule has 6 nitrogen and oxygen atoms in total. The number of carbonyl (C=O) groups excluding carboxylic acids is 2. The molecule has 2 N–H and O–H groups in total. The van der Waals surface area contributed by atoms with E-state index >= 15 is 0 Å². The standard InChI is InChI=1S/C21H19ClN2O4/c1-14(28-19-11-5-4-10-17(19)22)21(26)24-23-20(25)13-27-18-12-6-8-15-7-2-3-9-16(15)18/h2-12,14H,13H2,1H3,(H,23,25)(H,24,26). The zero-order valence-electron chi connectivity index (χ0n) is 15.1. The van der Waals surface area contributed by atoms with Gasteiger partial charge in [0.15, 0.2) is 12.7 Å². The van der Waals surface area contributed by atoms with Crippen molar-refractivity contribution in [2.24, 2.45) is 0 Å². The average Bonchev–Trinajstić information content (AvgIpc) is 2.72. The van der Waals surface area contributed by atoms with Gasteiger partial charge in [0.05, 0.1) is 5.02 Å². The molecule has 0 aliphatic heterocycles. The van der Waals surface area contributed by atoms with Crippen molar-refractivity contribution in [3.8, 4) is 11.5 Å². The van der Waals surface area contributed by atoms with Crippen molar-refractivity contribution in [3.63, 3.8) is 0 Å². The molecule has 0 heterocycles. The fourth-order valence-corrected chi connectivity index (χ4v) is 2.70. The highest BCUT2D eigenvalue weighted by Gasteiger charge is 2.16. The summed E-state index contributed by atoms with van der Waals surface area (Å²) in [5, 5.41) is 2.32. The van der Waals surface area contributed by atoms with Gasteiger partial charge >= 0.3 is 0 Å². The third-order valence-corrected chi connectivity index (χ3v) is 4.26. The molecule has 0 aliphatic carbocycles. The van der Waals surface area contributed by atoms with Gasteiger partial charge < -0.3 is 9.47 Å². The molecule has 3 aromatic carbocycles. The summed E-state index contributed by atoms with van der Waals surface area (Å²) in [6, 6.07) is 20.1. The molecule has 0 spiro atoms.